The summed E-state index contributed by atoms with van der Waals surface area (Å²) < 4.78 is 41.8. The van der Waals surface area contributed by atoms with Crippen molar-refractivity contribution < 1.29 is 27.5 Å². The number of rotatable bonds is 5. The van der Waals surface area contributed by atoms with Gasteiger partial charge in [0.05, 0.1) is 7.11 Å². The summed E-state index contributed by atoms with van der Waals surface area (Å²) in [4.78, 5) is 25.8. The molecule has 1 heterocycles. The van der Waals surface area contributed by atoms with Gasteiger partial charge in [0.1, 0.15) is 11.4 Å². The molecule has 1 aromatic carbocycles. The molecule has 9 heteroatoms. The standard InChI is InChI=1S/C15H16F3N3O3/c1-19-13(22)12-9(5-6-20-14(23)15(16,17)18)10-7-8(24-2)3-4-11(10)21-12/h3-4,7,21H,5-6H2,1-2H3,(H,19,22)(H,20,23). The SMILES string of the molecule is CNC(=O)c1[nH]c2ccc(OC)cc2c1CCNC(=O)C(F)(F)F. The van der Waals surface area contributed by atoms with Crippen molar-refractivity contribution in [3.8, 4) is 5.75 Å². The molecule has 0 saturated heterocycles. The fraction of sp³-hybridized carbons (Fsp3) is 0.333. The Bertz CT molecular complexity index is 768. The van der Waals surface area contributed by atoms with Gasteiger partial charge in [0.15, 0.2) is 0 Å². The molecule has 0 bridgehead atoms. The molecular formula is C15H16F3N3O3. The van der Waals surface area contributed by atoms with E-state index < -0.39 is 18.0 Å². The van der Waals surface area contributed by atoms with Crippen LogP contribution in [0.15, 0.2) is 18.2 Å². The van der Waals surface area contributed by atoms with Gasteiger partial charge in [-0.2, -0.15) is 13.2 Å². The highest BCUT2D eigenvalue weighted by atomic mass is 19.4. The number of alkyl halides is 3. The van der Waals surface area contributed by atoms with E-state index in [1.54, 1.807) is 23.5 Å². The van der Waals surface area contributed by atoms with E-state index in [1.165, 1.54) is 14.2 Å². The summed E-state index contributed by atoms with van der Waals surface area (Å²) in [5.74, 6) is -1.87. The van der Waals surface area contributed by atoms with Gasteiger partial charge < -0.3 is 20.4 Å². The zero-order chi connectivity index (χ0) is 17.9. The third-order valence-corrected chi connectivity index (χ3v) is 3.49. The van der Waals surface area contributed by atoms with Gasteiger partial charge in [-0.1, -0.05) is 0 Å². The second-order valence-corrected chi connectivity index (χ2v) is 4.97. The number of H-pyrrole nitrogens is 1. The zero-order valence-electron chi connectivity index (χ0n) is 13.0. The van der Waals surface area contributed by atoms with Gasteiger partial charge in [0.25, 0.3) is 5.91 Å². The first kappa shape index (κ1) is 17.6. The first-order chi connectivity index (χ1) is 11.3. The lowest BCUT2D eigenvalue weighted by Crippen LogP contribution is -2.37. The molecule has 0 saturated carbocycles. The molecule has 1 aromatic heterocycles. The van der Waals surface area contributed by atoms with Crippen LogP contribution in [0.5, 0.6) is 5.75 Å². The summed E-state index contributed by atoms with van der Waals surface area (Å²) in [6.45, 7) is -0.257. The molecule has 0 aliphatic carbocycles. The number of carbonyl (C=O) groups is 2. The number of nitrogens with one attached hydrogen (secondary N) is 3. The predicted molar refractivity (Wildman–Crippen MR) is 81.0 cm³/mol. The van der Waals surface area contributed by atoms with Crippen molar-refractivity contribution in [2.24, 2.45) is 0 Å². The Morgan fingerprint density at radius 3 is 2.58 bits per heavy atom. The number of aromatic nitrogens is 1. The molecule has 2 amide bonds. The lowest BCUT2D eigenvalue weighted by molar-refractivity contribution is -0.173. The van der Waals surface area contributed by atoms with Crippen LogP contribution in [0, 0.1) is 0 Å². The topological polar surface area (TPSA) is 83.2 Å². The first-order valence-corrected chi connectivity index (χ1v) is 7.03. The van der Waals surface area contributed by atoms with Crippen LogP contribution in [-0.4, -0.2) is 43.7 Å². The monoisotopic (exact) mass is 343 g/mol. The van der Waals surface area contributed by atoms with Gasteiger partial charge in [-0.3, -0.25) is 9.59 Å². The van der Waals surface area contributed by atoms with Crippen molar-refractivity contribution in [1.82, 2.24) is 15.6 Å². The summed E-state index contributed by atoms with van der Waals surface area (Å²) in [6.07, 6.45) is -4.88. The van der Waals surface area contributed by atoms with E-state index in [4.69, 9.17) is 4.74 Å². The highest BCUT2D eigenvalue weighted by molar-refractivity contribution is 6.01. The van der Waals surface area contributed by atoms with Crippen LogP contribution >= 0.6 is 0 Å². The van der Waals surface area contributed by atoms with Crippen molar-refractivity contribution in [2.45, 2.75) is 12.6 Å². The lowest BCUT2D eigenvalue weighted by Gasteiger charge is -2.09. The highest BCUT2D eigenvalue weighted by Crippen LogP contribution is 2.27. The Balaban J connectivity index is 2.31. The summed E-state index contributed by atoms with van der Waals surface area (Å²) in [5, 5.41) is 4.91. The minimum Gasteiger partial charge on any atom is -0.497 e. The van der Waals surface area contributed by atoms with E-state index in [9.17, 15) is 22.8 Å². The quantitative estimate of drug-likeness (QED) is 0.774. The van der Waals surface area contributed by atoms with Crippen LogP contribution in [0.3, 0.4) is 0 Å². The molecule has 3 N–H and O–H groups in total. The second kappa shape index (κ2) is 6.81. The van der Waals surface area contributed by atoms with E-state index in [0.29, 0.717) is 22.2 Å². The Morgan fingerprint density at radius 2 is 2.00 bits per heavy atom. The number of ether oxygens (including phenoxy) is 1. The summed E-state index contributed by atoms with van der Waals surface area (Å²) in [6, 6.07) is 5.08. The molecular weight excluding hydrogens is 327 g/mol. The molecule has 0 radical (unpaired) electrons. The molecule has 0 atom stereocenters. The number of amides is 2. The maximum absolute atomic E-state index is 12.2. The fourth-order valence-corrected chi connectivity index (χ4v) is 2.33. The van der Waals surface area contributed by atoms with E-state index in [1.807, 2.05) is 0 Å². The molecule has 0 spiro atoms. The molecule has 2 aromatic rings. The number of fused-ring (bicyclic) bond motifs is 1. The van der Waals surface area contributed by atoms with Crippen LogP contribution in [0.2, 0.25) is 0 Å². The Morgan fingerprint density at radius 1 is 1.29 bits per heavy atom. The largest absolute Gasteiger partial charge is 0.497 e. The van der Waals surface area contributed by atoms with Crippen molar-refractivity contribution in [1.29, 1.82) is 0 Å². The van der Waals surface area contributed by atoms with E-state index in [-0.39, 0.29) is 18.7 Å². The van der Waals surface area contributed by atoms with Crippen LogP contribution < -0.4 is 15.4 Å². The number of hydrogen-bond acceptors (Lipinski definition) is 3. The average molecular weight is 343 g/mol. The Kier molecular flexibility index (Phi) is 5.01. The number of carbonyl (C=O) groups excluding carboxylic acids is 2. The van der Waals surface area contributed by atoms with Gasteiger partial charge in [-0.25, -0.2) is 0 Å². The van der Waals surface area contributed by atoms with Gasteiger partial charge in [0.2, 0.25) is 0 Å². The second-order valence-electron chi connectivity index (χ2n) is 4.97. The first-order valence-electron chi connectivity index (χ1n) is 7.03. The molecule has 24 heavy (non-hydrogen) atoms. The number of benzene rings is 1. The third-order valence-electron chi connectivity index (χ3n) is 3.49. The van der Waals surface area contributed by atoms with Crippen LogP contribution in [0.1, 0.15) is 16.1 Å². The summed E-state index contributed by atoms with van der Waals surface area (Å²) in [7, 11) is 2.93. The van der Waals surface area contributed by atoms with Gasteiger partial charge in [-0.05, 0) is 30.2 Å². The average Bonchev–Trinajstić information content (AvgIpc) is 2.91. The van der Waals surface area contributed by atoms with Crippen LogP contribution in [-0.2, 0) is 11.2 Å². The minimum absolute atomic E-state index is 0.0533. The lowest BCUT2D eigenvalue weighted by atomic mass is 10.1. The van der Waals surface area contributed by atoms with Gasteiger partial charge in [-0.15, -0.1) is 0 Å². The van der Waals surface area contributed by atoms with Crippen LogP contribution in [0.4, 0.5) is 13.2 Å². The van der Waals surface area contributed by atoms with Gasteiger partial charge >= 0.3 is 12.1 Å². The maximum Gasteiger partial charge on any atom is 0.471 e. The molecule has 0 unspecified atom stereocenters. The zero-order valence-corrected chi connectivity index (χ0v) is 13.0. The number of halogens is 3. The molecule has 130 valence electrons. The van der Waals surface area contributed by atoms with Crippen molar-refractivity contribution in [2.75, 3.05) is 20.7 Å². The Labute approximate surface area is 135 Å². The van der Waals surface area contributed by atoms with Crippen molar-refractivity contribution in [3.63, 3.8) is 0 Å². The van der Waals surface area contributed by atoms with Crippen LogP contribution in [0.25, 0.3) is 10.9 Å². The smallest absolute Gasteiger partial charge is 0.471 e. The minimum atomic E-state index is -4.94. The molecule has 6 nitrogen and oxygen atoms in total. The summed E-state index contributed by atoms with van der Waals surface area (Å²) >= 11 is 0. The Hall–Kier alpha value is -2.71. The molecule has 2 rings (SSSR count). The van der Waals surface area contributed by atoms with E-state index in [2.05, 4.69) is 10.3 Å². The van der Waals surface area contributed by atoms with Gasteiger partial charge in [0, 0.05) is 24.5 Å². The number of hydrogen-bond donors (Lipinski definition) is 3. The van der Waals surface area contributed by atoms with E-state index in [0.717, 1.165) is 0 Å². The third kappa shape index (κ3) is 3.61. The van der Waals surface area contributed by atoms with E-state index >= 15 is 0 Å². The van der Waals surface area contributed by atoms with Crippen molar-refractivity contribution >= 4 is 22.7 Å². The number of aromatic amines is 1. The molecule has 0 aliphatic heterocycles. The number of methoxy groups -OCH3 is 1. The molecule has 0 fully saturated rings. The highest BCUT2D eigenvalue weighted by Gasteiger charge is 2.38. The normalized spacial score (nSPS) is 11.4. The fourth-order valence-electron chi connectivity index (χ4n) is 2.33. The predicted octanol–water partition coefficient (Wildman–Crippen LogP) is 1.76. The summed E-state index contributed by atoms with van der Waals surface area (Å²) in [5.41, 5.74) is 1.39. The van der Waals surface area contributed by atoms with Crippen molar-refractivity contribution in [3.05, 3.63) is 29.5 Å². The maximum atomic E-state index is 12.2. The molecule has 0 aliphatic rings.